The molecule has 2 rings (SSSR count). The van der Waals surface area contributed by atoms with Gasteiger partial charge in [0.25, 0.3) is 5.69 Å². The van der Waals surface area contributed by atoms with E-state index in [0.29, 0.717) is 25.4 Å². The van der Waals surface area contributed by atoms with Crippen LogP contribution in [0, 0.1) is 10.1 Å². The van der Waals surface area contributed by atoms with Crippen LogP contribution in [0.5, 0.6) is 0 Å². The summed E-state index contributed by atoms with van der Waals surface area (Å²) in [6.45, 7) is 3.72. The van der Waals surface area contributed by atoms with Gasteiger partial charge in [0, 0.05) is 24.9 Å². The standard InChI is InChI=1S/C18H20N2O5/c1-3-25-12-14-6-4-13(5-7-14)11-19-15-8-9-17(20(22)23)16(10-15)18(21)24-2/h4-10,19H,3,11-12H2,1-2H3. The number of hydrogen-bond donors (Lipinski definition) is 1. The molecule has 2 aromatic rings. The molecule has 0 saturated heterocycles. The van der Waals surface area contributed by atoms with E-state index in [9.17, 15) is 14.9 Å². The lowest BCUT2D eigenvalue weighted by molar-refractivity contribution is -0.385. The summed E-state index contributed by atoms with van der Waals surface area (Å²) >= 11 is 0. The molecular formula is C18H20N2O5. The lowest BCUT2D eigenvalue weighted by Gasteiger charge is -2.09. The Bertz CT molecular complexity index is 744. The van der Waals surface area contributed by atoms with Crippen LogP contribution in [-0.2, 0) is 22.6 Å². The molecule has 0 amide bonds. The molecule has 0 aliphatic rings. The summed E-state index contributed by atoms with van der Waals surface area (Å²) in [5.74, 6) is -0.740. The first kappa shape index (κ1) is 18.4. The molecule has 0 bridgehead atoms. The number of carbonyl (C=O) groups excluding carboxylic acids is 1. The van der Waals surface area contributed by atoms with E-state index in [2.05, 4.69) is 10.1 Å². The second-order valence-electron chi connectivity index (χ2n) is 5.29. The topological polar surface area (TPSA) is 90.7 Å². The van der Waals surface area contributed by atoms with Crippen LogP contribution in [0.15, 0.2) is 42.5 Å². The van der Waals surface area contributed by atoms with Crippen LogP contribution in [0.3, 0.4) is 0 Å². The fourth-order valence-corrected chi connectivity index (χ4v) is 2.26. The van der Waals surface area contributed by atoms with Gasteiger partial charge in [-0.05, 0) is 30.2 Å². The van der Waals surface area contributed by atoms with Crippen LogP contribution < -0.4 is 5.32 Å². The van der Waals surface area contributed by atoms with Crippen molar-refractivity contribution in [3.63, 3.8) is 0 Å². The number of nitro groups is 1. The highest BCUT2D eigenvalue weighted by molar-refractivity contribution is 5.95. The number of anilines is 1. The van der Waals surface area contributed by atoms with Gasteiger partial charge < -0.3 is 14.8 Å². The van der Waals surface area contributed by atoms with Crippen molar-refractivity contribution in [2.75, 3.05) is 19.0 Å². The van der Waals surface area contributed by atoms with Gasteiger partial charge in [-0.15, -0.1) is 0 Å². The molecule has 0 saturated carbocycles. The third-order valence-corrected chi connectivity index (χ3v) is 3.59. The Morgan fingerprint density at radius 3 is 2.44 bits per heavy atom. The quantitative estimate of drug-likeness (QED) is 0.447. The van der Waals surface area contributed by atoms with E-state index in [-0.39, 0.29) is 11.3 Å². The van der Waals surface area contributed by atoms with E-state index in [1.54, 1.807) is 6.07 Å². The van der Waals surface area contributed by atoms with Crippen molar-refractivity contribution in [3.05, 3.63) is 69.3 Å². The fourth-order valence-electron chi connectivity index (χ4n) is 2.26. The van der Waals surface area contributed by atoms with Crippen LogP contribution >= 0.6 is 0 Å². The van der Waals surface area contributed by atoms with Crippen LogP contribution in [-0.4, -0.2) is 24.6 Å². The van der Waals surface area contributed by atoms with Crippen LogP contribution in [0.1, 0.15) is 28.4 Å². The Morgan fingerprint density at radius 1 is 1.16 bits per heavy atom. The first-order valence-electron chi connectivity index (χ1n) is 7.81. The summed E-state index contributed by atoms with van der Waals surface area (Å²) in [4.78, 5) is 22.1. The average molecular weight is 344 g/mol. The normalized spacial score (nSPS) is 10.3. The second kappa shape index (κ2) is 8.79. The number of hydrogen-bond acceptors (Lipinski definition) is 6. The van der Waals surface area contributed by atoms with Gasteiger partial charge in [0.1, 0.15) is 5.56 Å². The maximum Gasteiger partial charge on any atom is 0.344 e. The smallest absolute Gasteiger partial charge is 0.344 e. The number of carbonyl (C=O) groups is 1. The molecule has 0 radical (unpaired) electrons. The first-order valence-corrected chi connectivity index (χ1v) is 7.81. The molecule has 0 aliphatic carbocycles. The van der Waals surface area contributed by atoms with Crippen molar-refractivity contribution < 1.29 is 19.2 Å². The van der Waals surface area contributed by atoms with Gasteiger partial charge in [-0.3, -0.25) is 10.1 Å². The average Bonchev–Trinajstić information content (AvgIpc) is 2.64. The van der Waals surface area contributed by atoms with E-state index in [4.69, 9.17) is 4.74 Å². The van der Waals surface area contributed by atoms with Gasteiger partial charge in [-0.2, -0.15) is 0 Å². The van der Waals surface area contributed by atoms with Gasteiger partial charge >= 0.3 is 5.97 Å². The number of benzene rings is 2. The monoisotopic (exact) mass is 344 g/mol. The highest BCUT2D eigenvalue weighted by atomic mass is 16.6. The van der Waals surface area contributed by atoms with E-state index in [0.717, 1.165) is 11.1 Å². The van der Waals surface area contributed by atoms with Gasteiger partial charge in [0.05, 0.1) is 18.6 Å². The summed E-state index contributed by atoms with van der Waals surface area (Å²) in [5.41, 5.74) is 2.37. The Balaban J connectivity index is 2.07. The summed E-state index contributed by atoms with van der Waals surface area (Å²) in [6.07, 6.45) is 0. The fraction of sp³-hybridized carbons (Fsp3) is 0.278. The predicted molar refractivity (Wildman–Crippen MR) is 93.5 cm³/mol. The predicted octanol–water partition coefficient (Wildman–Crippen LogP) is 3.53. The highest BCUT2D eigenvalue weighted by Gasteiger charge is 2.21. The SMILES string of the molecule is CCOCc1ccc(CNc2ccc([N+](=O)[O-])c(C(=O)OC)c2)cc1. The van der Waals surface area contributed by atoms with Crippen molar-refractivity contribution >= 4 is 17.3 Å². The minimum atomic E-state index is -0.740. The third-order valence-electron chi connectivity index (χ3n) is 3.59. The molecule has 0 aliphatic heterocycles. The molecule has 7 nitrogen and oxygen atoms in total. The van der Waals surface area contributed by atoms with Crippen molar-refractivity contribution in [3.8, 4) is 0 Å². The van der Waals surface area contributed by atoms with E-state index in [1.165, 1.54) is 19.2 Å². The molecule has 2 aromatic carbocycles. The largest absolute Gasteiger partial charge is 0.465 e. The zero-order chi connectivity index (χ0) is 18.2. The molecule has 0 unspecified atom stereocenters. The molecule has 7 heteroatoms. The minimum absolute atomic E-state index is 0.0791. The molecule has 0 fully saturated rings. The summed E-state index contributed by atoms with van der Waals surface area (Å²) in [7, 11) is 1.19. The van der Waals surface area contributed by atoms with E-state index >= 15 is 0 Å². The molecule has 0 atom stereocenters. The Morgan fingerprint density at radius 2 is 1.84 bits per heavy atom. The van der Waals surface area contributed by atoms with Crippen molar-refractivity contribution in [1.29, 1.82) is 0 Å². The number of ether oxygens (including phenoxy) is 2. The van der Waals surface area contributed by atoms with Crippen LogP contribution in [0.25, 0.3) is 0 Å². The van der Waals surface area contributed by atoms with Gasteiger partial charge in [-0.25, -0.2) is 4.79 Å². The zero-order valence-corrected chi connectivity index (χ0v) is 14.2. The van der Waals surface area contributed by atoms with Crippen LogP contribution in [0.2, 0.25) is 0 Å². The maximum absolute atomic E-state index is 11.7. The van der Waals surface area contributed by atoms with Gasteiger partial charge in [0.15, 0.2) is 0 Å². The number of methoxy groups -OCH3 is 1. The van der Waals surface area contributed by atoms with Crippen molar-refractivity contribution in [1.82, 2.24) is 0 Å². The number of nitrogens with zero attached hydrogens (tertiary/aromatic N) is 1. The first-order chi connectivity index (χ1) is 12.0. The van der Waals surface area contributed by atoms with Crippen LogP contribution in [0.4, 0.5) is 11.4 Å². The molecule has 1 N–H and O–H groups in total. The molecule has 132 valence electrons. The number of esters is 1. The van der Waals surface area contributed by atoms with Gasteiger partial charge in [-0.1, -0.05) is 24.3 Å². The lowest BCUT2D eigenvalue weighted by Crippen LogP contribution is -2.07. The molecule has 0 heterocycles. The third kappa shape index (κ3) is 5.02. The van der Waals surface area contributed by atoms with E-state index in [1.807, 2.05) is 31.2 Å². The van der Waals surface area contributed by atoms with Crippen molar-refractivity contribution in [2.45, 2.75) is 20.1 Å². The summed E-state index contributed by atoms with van der Waals surface area (Å²) in [5, 5.41) is 14.2. The maximum atomic E-state index is 11.7. The molecule has 25 heavy (non-hydrogen) atoms. The van der Waals surface area contributed by atoms with Crippen molar-refractivity contribution in [2.24, 2.45) is 0 Å². The Labute approximate surface area is 145 Å². The Hall–Kier alpha value is -2.93. The lowest BCUT2D eigenvalue weighted by atomic mass is 10.1. The summed E-state index contributed by atoms with van der Waals surface area (Å²) < 4.78 is 9.96. The second-order valence-corrected chi connectivity index (χ2v) is 5.29. The molecule has 0 spiro atoms. The van der Waals surface area contributed by atoms with Gasteiger partial charge in [0.2, 0.25) is 0 Å². The molecule has 0 aromatic heterocycles. The minimum Gasteiger partial charge on any atom is -0.465 e. The Kier molecular flexibility index (Phi) is 6.47. The summed E-state index contributed by atoms with van der Waals surface area (Å²) in [6, 6.07) is 12.2. The molecular weight excluding hydrogens is 324 g/mol. The number of rotatable bonds is 8. The van der Waals surface area contributed by atoms with E-state index < -0.39 is 10.9 Å². The number of nitro benzene ring substituents is 1. The zero-order valence-electron chi connectivity index (χ0n) is 14.2. The highest BCUT2D eigenvalue weighted by Crippen LogP contribution is 2.24. The number of nitrogens with one attached hydrogen (secondary N) is 1.